The van der Waals surface area contributed by atoms with E-state index in [4.69, 9.17) is 4.74 Å². The van der Waals surface area contributed by atoms with E-state index in [0.717, 1.165) is 31.8 Å². The molecule has 2 atom stereocenters. The SMILES string of the molecule is CCC(C)c1ccc(O[C@@H]2CCN(C)C2)nc1. The van der Waals surface area contributed by atoms with E-state index in [2.05, 4.69) is 36.8 Å². The van der Waals surface area contributed by atoms with Crippen LogP contribution < -0.4 is 4.74 Å². The molecule has 0 amide bonds. The monoisotopic (exact) mass is 234 g/mol. The molecule has 1 fully saturated rings. The highest BCUT2D eigenvalue weighted by Crippen LogP contribution is 2.21. The van der Waals surface area contributed by atoms with Crippen molar-refractivity contribution in [2.24, 2.45) is 0 Å². The molecule has 0 aromatic carbocycles. The summed E-state index contributed by atoms with van der Waals surface area (Å²) in [4.78, 5) is 6.69. The van der Waals surface area contributed by atoms with E-state index in [0.29, 0.717) is 12.0 Å². The Labute approximate surface area is 104 Å². The molecule has 0 spiro atoms. The number of hydrogen-bond acceptors (Lipinski definition) is 3. The summed E-state index contributed by atoms with van der Waals surface area (Å²) in [5.74, 6) is 1.34. The number of likely N-dealkylation sites (N-methyl/N-ethyl adjacent to an activating group) is 1. The molecular formula is C14H22N2O. The van der Waals surface area contributed by atoms with Gasteiger partial charge >= 0.3 is 0 Å². The number of nitrogens with zero attached hydrogens (tertiary/aromatic N) is 2. The van der Waals surface area contributed by atoms with Gasteiger partial charge in [0.15, 0.2) is 0 Å². The Kier molecular flexibility index (Phi) is 4.00. The Morgan fingerprint density at radius 3 is 2.88 bits per heavy atom. The first kappa shape index (κ1) is 12.4. The van der Waals surface area contributed by atoms with E-state index >= 15 is 0 Å². The summed E-state index contributed by atoms with van der Waals surface area (Å²) >= 11 is 0. The first-order chi connectivity index (χ1) is 8.19. The van der Waals surface area contributed by atoms with Crippen molar-refractivity contribution in [2.75, 3.05) is 20.1 Å². The van der Waals surface area contributed by atoms with Crippen LogP contribution >= 0.6 is 0 Å². The molecule has 0 bridgehead atoms. The third kappa shape index (κ3) is 3.19. The van der Waals surface area contributed by atoms with Crippen molar-refractivity contribution in [3.63, 3.8) is 0 Å². The Morgan fingerprint density at radius 2 is 2.35 bits per heavy atom. The van der Waals surface area contributed by atoms with Crippen molar-refractivity contribution in [1.82, 2.24) is 9.88 Å². The lowest BCUT2D eigenvalue weighted by Crippen LogP contribution is -2.21. The summed E-state index contributed by atoms with van der Waals surface area (Å²) in [6, 6.07) is 4.13. The van der Waals surface area contributed by atoms with Gasteiger partial charge in [0.05, 0.1) is 0 Å². The van der Waals surface area contributed by atoms with Crippen molar-refractivity contribution in [3.8, 4) is 5.88 Å². The lowest BCUT2D eigenvalue weighted by molar-refractivity contribution is 0.200. The Balaban J connectivity index is 1.94. The molecular weight excluding hydrogens is 212 g/mol. The summed E-state index contributed by atoms with van der Waals surface area (Å²) in [5.41, 5.74) is 1.29. The molecule has 0 aliphatic carbocycles. The number of pyridine rings is 1. The number of likely N-dealkylation sites (tertiary alicyclic amines) is 1. The van der Waals surface area contributed by atoms with Gasteiger partial charge in [0.2, 0.25) is 5.88 Å². The predicted molar refractivity (Wildman–Crippen MR) is 69.5 cm³/mol. The van der Waals surface area contributed by atoms with E-state index in [-0.39, 0.29) is 0 Å². The molecule has 3 nitrogen and oxygen atoms in total. The number of rotatable bonds is 4. The number of ether oxygens (including phenoxy) is 1. The molecule has 1 aliphatic rings. The van der Waals surface area contributed by atoms with Gasteiger partial charge < -0.3 is 9.64 Å². The van der Waals surface area contributed by atoms with Crippen LogP contribution in [0.1, 0.15) is 38.2 Å². The van der Waals surface area contributed by atoms with Crippen LogP contribution in [0, 0.1) is 0 Å². The highest BCUT2D eigenvalue weighted by Gasteiger charge is 2.21. The Hall–Kier alpha value is -1.09. The fraction of sp³-hybridized carbons (Fsp3) is 0.643. The quantitative estimate of drug-likeness (QED) is 0.801. The lowest BCUT2D eigenvalue weighted by atomic mass is 10.0. The van der Waals surface area contributed by atoms with Crippen LogP contribution in [0.15, 0.2) is 18.3 Å². The maximum Gasteiger partial charge on any atom is 0.213 e. The Morgan fingerprint density at radius 1 is 1.53 bits per heavy atom. The minimum absolute atomic E-state index is 0.307. The highest BCUT2D eigenvalue weighted by molar-refractivity contribution is 5.20. The molecule has 94 valence electrons. The van der Waals surface area contributed by atoms with Gasteiger partial charge in [0.1, 0.15) is 6.10 Å². The van der Waals surface area contributed by atoms with E-state index in [9.17, 15) is 0 Å². The van der Waals surface area contributed by atoms with Crippen molar-refractivity contribution in [2.45, 2.75) is 38.7 Å². The molecule has 1 aromatic rings. The van der Waals surface area contributed by atoms with E-state index in [1.807, 2.05) is 12.3 Å². The van der Waals surface area contributed by atoms with Gasteiger partial charge in [-0.3, -0.25) is 0 Å². The van der Waals surface area contributed by atoms with Crippen molar-refractivity contribution in [3.05, 3.63) is 23.9 Å². The molecule has 1 unspecified atom stereocenters. The number of hydrogen-bond donors (Lipinski definition) is 0. The Bertz CT molecular complexity index is 350. The van der Waals surface area contributed by atoms with Crippen LogP contribution in [0.25, 0.3) is 0 Å². The van der Waals surface area contributed by atoms with Crippen LogP contribution in [-0.4, -0.2) is 36.1 Å². The smallest absolute Gasteiger partial charge is 0.213 e. The maximum atomic E-state index is 5.86. The molecule has 1 aromatic heterocycles. The third-order valence-electron chi connectivity index (χ3n) is 3.58. The molecule has 2 rings (SSSR count). The van der Waals surface area contributed by atoms with Gasteiger partial charge in [-0.1, -0.05) is 19.9 Å². The largest absolute Gasteiger partial charge is 0.473 e. The standard InChI is InChI=1S/C14H22N2O/c1-4-11(2)12-5-6-14(15-9-12)17-13-7-8-16(3)10-13/h5-6,9,11,13H,4,7-8,10H2,1-3H3/t11?,13-/m1/s1. The average molecular weight is 234 g/mol. The van der Waals surface area contributed by atoms with Crippen LogP contribution in [-0.2, 0) is 0 Å². The van der Waals surface area contributed by atoms with Gasteiger partial charge in [0.25, 0.3) is 0 Å². The van der Waals surface area contributed by atoms with Gasteiger partial charge in [0, 0.05) is 25.4 Å². The molecule has 1 aliphatic heterocycles. The molecule has 0 saturated carbocycles. The van der Waals surface area contributed by atoms with Gasteiger partial charge in [-0.2, -0.15) is 0 Å². The number of aromatic nitrogens is 1. The normalized spacial score (nSPS) is 22.6. The molecule has 3 heteroatoms. The summed E-state index contributed by atoms with van der Waals surface area (Å²) < 4.78 is 5.86. The molecule has 1 saturated heterocycles. The first-order valence-corrected chi connectivity index (χ1v) is 6.50. The topological polar surface area (TPSA) is 25.4 Å². The van der Waals surface area contributed by atoms with E-state index in [1.165, 1.54) is 5.56 Å². The minimum Gasteiger partial charge on any atom is -0.473 e. The van der Waals surface area contributed by atoms with Crippen molar-refractivity contribution >= 4 is 0 Å². The molecule has 0 N–H and O–H groups in total. The van der Waals surface area contributed by atoms with Gasteiger partial charge in [-0.05, 0) is 31.4 Å². The molecule has 2 heterocycles. The van der Waals surface area contributed by atoms with Crippen molar-refractivity contribution < 1.29 is 4.74 Å². The zero-order valence-electron chi connectivity index (χ0n) is 11.0. The van der Waals surface area contributed by atoms with Crippen LogP contribution in [0.4, 0.5) is 0 Å². The van der Waals surface area contributed by atoms with Crippen LogP contribution in [0.5, 0.6) is 5.88 Å². The van der Waals surface area contributed by atoms with Crippen molar-refractivity contribution in [1.29, 1.82) is 0 Å². The minimum atomic E-state index is 0.307. The fourth-order valence-corrected chi connectivity index (χ4v) is 2.15. The average Bonchev–Trinajstić information content (AvgIpc) is 2.75. The summed E-state index contributed by atoms with van der Waals surface area (Å²) in [5, 5.41) is 0. The summed E-state index contributed by atoms with van der Waals surface area (Å²) in [6.45, 7) is 6.55. The molecule has 17 heavy (non-hydrogen) atoms. The first-order valence-electron chi connectivity index (χ1n) is 6.50. The zero-order chi connectivity index (χ0) is 12.3. The van der Waals surface area contributed by atoms with E-state index in [1.54, 1.807) is 0 Å². The third-order valence-corrected chi connectivity index (χ3v) is 3.58. The van der Waals surface area contributed by atoms with E-state index < -0.39 is 0 Å². The van der Waals surface area contributed by atoms with Crippen LogP contribution in [0.2, 0.25) is 0 Å². The van der Waals surface area contributed by atoms with Gasteiger partial charge in [-0.15, -0.1) is 0 Å². The summed E-state index contributed by atoms with van der Waals surface area (Å²) in [7, 11) is 2.13. The van der Waals surface area contributed by atoms with Gasteiger partial charge in [-0.25, -0.2) is 4.98 Å². The predicted octanol–water partition coefficient (Wildman–Crippen LogP) is 2.68. The zero-order valence-corrected chi connectivity index (χ0v) is 11.0. The lowest BCUT2D eigenvalue weighted by Gasteiger charge is -2.14. The second-order valence-corrected chi connectivity index (χ2v) is 5.03. The van der Waals surface area contributed by atoms with Crippen LogP contribution in [0.3, 0.4) is 0 Å². The second kappa shape index (κ2) is 5.50. The molecule has 0 radical (unpaired) electrons. The summed E-state index contributed by atoms with van der Waals surface area (Å²) in [6.07, 6.45) is 4.50. The second-order valence-electron chi connectivity index (χ2n) is 5.03. The maximum absolute atomic E-state index is 5.86. The highest BCUT2D eigenvalue weighted by atomic mass is 16.5. The fourth-order valence-electron chi connectivity index (χ4n) is 2.15.